The van der Waals surface area contributed by atoms with Gasteiger partial charge in [-0.15, -0.1) is 0 Å². The van der Waals surface area contributed by atoms with E-state index in [2.05, 4.69) is 22.9 Å². The fraction of sp³-hybridized carbons (Fsp3) is 0.480. The Morgan fingerprint density at radius 3 is 2.74 bits per heavy atom. The van der Waals surface area contributed by atoms with Crippen LogP contribution in [0.2, 0.25) is 0 Å². The Kier molecular flexibility index (Phi) is 8.57. The molecule has 0 unspecified atom stereocenters. The third-order valence-electron chi connectivity index (χ3n) is 6.19. The topological polar surface area (TPSA) is 115 Å². The number of nitrogens with one attached hydrogen (secondary N) is 3. The molecule has 2 amide bonds. The van der Waals surface area contributed by atoms with Crippen molar-refractivity contribution < 1.29 is 28.6 Å². The number of ether oxygens (including phenoxy) is 3. The first-order valence-electron chi connectivity index (χ1n) is 11.9. The van der Waals surface area contributed by atoms with Gasteiger partial charge in [0, 0.05) is 24.8 Å². The van der Waals surface area contributed by atoms with Crippen LogP contribution in [0.1, 0.15) is 32.6 Å². The van der Waals surface area contributed by atoms with Crippen molar-refractivity contribution >= 4 is 35.2 Å². The van der Waals surface area contributed by atoms with E-state index >= 15 is 0 Å². The number of benzene rings is 1. The Morgan fingerprint density at radius 1 is 1.11 bits per heavy atom. The van der Waals surface area contributed by atoms with E-state index in [1.54, 1.807) is 30.4 Å². The zero-order chi connectivity index (χ0) is 24.6. The maximum Gasteiger partial charge on any atom is 0.341 e. The summed E-state index contributed by atoms with van der Waals surface area (Å²) in [5.41, 5.74) is 0.893. The summed E-state index contributed by atoms with van der Waals surface area (Å²) in [5, 5.41) is 9.32. The second kappa shape index (κ2) is 12.0. The molecule has 3 N–H and O–H groups in total. The first-order valence-corrected chi connectivity index (χ1v) is 12.9. The minimum absolute atomic E-state index is 0.0852. The molecule has 0 atom stereocenters. The Hall–Kier alpha value is -3.14. The molecule has 1 aromatic carbocycles. The van der Waals surface area contributed by atoms with Crippen LogP contribution in [0.15, 0.2) is 41.0 Å². The molecule has 10 heteroatoms. The summed E-state index contributed by atoms with van der Waals surface area (Å²) in [6, 6.07) is 5.18. The molecule has 0 radical (unpaired) electrons. The molecule has 0 saturated heterocycles. The van der Waals surface area contributed by atoms with Crippen molar-refractivity contribution in [1.82, 2.24) is 10.6 Å². The largest absolute Gasteiger partial charge is 0.454 e. The Labute approximate surface area is 209 Å². The molecular weight excluding hydrogens is 470 g/mol. The molecule has 35 heavy (non-hydrogen) atoms. The molecular formula is C25H31N3O6S. The molecule has 1 saturated carbocycles. The SMILES string of the molecule is CC1CCC(CNC(=O)COC(=O)C2=C(SCC(=O)Nc3ccc4c(c3)OCO4)NCC=C2)CC1. The molecule has 4 rings (SSSR count). The number of carbonyl (C=O) groups is 3. The average molecular weight is 502 g/mol. The number of hydrogen-bond donors (Lipinski definition) is 3. The van der Waals surface area contributed by atoms with Gasteiger partial charge in [0.1, 0.15) is 0 Å². The van der Waals surface area contributed by atoms with Gasteiger partial charge in [0.05, 0.1) is 16.4 Å². The number of thioether (sulfide) groups is 1. The van der Waals surface area contributed by atoms with Crippen molar-refractivity contribution in [3.8, 4) is 11.5 Å². The molecule has 1 aliphatic carbocycles. The number of amides is 2. The third-order valence-corrected chi connectivity index (χ3v) is 7.25. The van der Waals surface area contributed by atoms with Crippen LogP contribution in [0, 0.1) is 11.8 Å². The minimum atomic E-state index is -0.603. The highest BCUT2D eigenvalue weighted by molar-refractivity contribution is 8.03. The smallest absolute Gasteiger partial charge is 0.341 e. The Balaban J connectivity index is 1.23. The molecule has 1 fully saturated rings. The maximum atomic E-state index is 12.6. The highest BCUT2D eigenvalue weighted by Crippen LogP contribution is 2.34. The fourth-order valence-electron chi connectivity index (χ4n) is 4.15. The lowest BCUT2D eigenvalue weighted by Gasteiger charge is -2.26. The number of dihydropyridines is 1. The van der Waals surface area contributed by atoms with Crippen LogP contribution < -0.4 is 25.4 Å². The highest BCUT2D eigenvalue weighted by Gasteiger charge is 2.22. The quantitative estimate of drug-likeness (QED) is 0.443. The third kappa shape index (κ3) is 7.17. The van der Waals surface area contributed by atoms with Gasteiger partial charge in [0.25, 0.3) is 5.91 Å². The second-order valence-corrected chi connectivity index (χ2v) is 9.92. The minimum Gasteiger partial charge on any atom is -0.454 e. The number of carbonyl (C=O) groups excluding carboxylic acids is 3. The van der Waals surface area contributed by atoms with Crippen molar-refractivity contribution in [2.45, 2.75) is 32.6 Å². The lowest BCUT2D eigenvalue weighted by atomic mass is 9.83. The van der Waals surface area contributed by atoms with Gasteiger partial charge in [-0.2, -0.15) is 0 Å². The van der Waals surface area contributed by atoms with E-state index in [1.165, 1.54) is 24.6 Å². The van der Waals surface area contributed by atoms with Gasteiger partial charge >= 0.3 is 5.97 Å². The van der Waals surface area contributed by atoms with Crippen LogP contribution in [0.25, 0.3) is 0 Å². The summed E-state index contributed by atoms with van der Waals surface area (Å²) in [4.78, 5) is 37.2. The second-order valence-electron chi connectivity index (χ2n) is 8.94. The zero-order valence-electron chi connectivity index (χ0n) is 19.8. The van der Waals surface area contributed by atoms with Gasteiger partial charge in [-0.1, -0.05) is 37.6 Å². The molecule has 0 spiro atoms. The standard InChI is InChI=1S/C25H31N3O6S/c1-16-4-6-17(7-5-16)12-27-22(29)13-32-25(31)19-3-2-10-26-24(19)35-14-23(30)28-18-8-9-20-21(11-18)34-15-33-20/h2-3,8-9,11,16-17,26H,4-7,10,12-15H2,1H3,(H,27,29)(H,28,30). The number of hydrogen-bond acceptors (Lipinski definition) is 8. The normalized spacial score (nSPS) is 20.7. The molecule has 2 heterocycles. The fourth-order valence-corrected chi connectivity index (χ4v) is 4.99. The molecule has 188 valence electrons. The first kappa shape index (κ1) is 25.0. The van der Waals surface area contributed by atoms with Crippen LogP contribution in [0.3, 0.4) is 0 Å². The molecule has 2 aliphatic heterocycles. The van der Waals surface area contributed by atoms with Crippen molar-refractivity contribution in [3.05, 3.63) is 41.0 Å². The monoisotopic (exact) mass is 501 g/mol. The predicted octanol–water partition coefficient (Wildman–Crippen LogP) is 2.94. The Bertz CT molecular complexity index is 1020. The van der Waals surface area contributed by atoms with Crippen LogP contribution >= 0.6 is 11.8 Å². The summed E-state index contributed by atoms with van der Waals surface area (Å²) in [5.74, 6) is 1.42. The summed E-state index contributed by atoms with van der Waals surface area (Å²) in [7, 11) is 0. The summed E-state index contributed by atoms with van der Waals surface area (Å²) >= 11 is 1.20. The average Bonchev–Trinajstić information content (AvgIpc) is 3.34. The van der Waals surface area contributed by atoms with Crippen LogP contribution in [-0.4, -0.2) is 50.0 Å². The van der Waals surface area contributed by atoms with Gasteiger partial charge < -0.3 is 30.2 Å². The van der Waals surface area contributed by atoms with Gasteiger partial charge in [-0.25, -0.2) is 4.79 Å². The molecule has 1 aromatic rings. The first-order chi connectivity index (χ1) is 17.0. The zero-order valence-corrected chi connectivity index (χ0v) is 20.6. The molecule has 9 nitrogen and oxygen atoms in total. The van der Waals surface area contributed by atoms with Crippen molar-refractivity contribution in [1.29, 1.82) is 0 Å². The van der Waals surface area contributed by atoms with E-state index < -0.39 is 5.97 Å². The van der Waals surface area contributed by atoms with Crippen LogP contribution in [0.5, 0.6) is 11.5 Å². The number of anilines is 1. The van der Waals surface area contributed by atoms with E-state index in [0.717, 1.165) is 18.8 Å². The van der Waals surface area contributed by atoms with E-state index in [4.69, 9.17) is 14.2 Å². The molecule has 3 aliphatic rings. The maximum absolute atomic E-state index is 12.6. The summed E-state index contributed by atoms with van der Waals surface area (Å²) in [6.45, 7) is 3.24. The number of esters is 1. The summed E-state index contributed by atoms with van der Waals surface area (Å²) < 4.78 is 15.8. The number of rotatable bonds is 9. The van der Waals surface area contributed by atoms with Crippen molar-refractivity contribution in [2.75, 3.05) is 37.6 Å². The lowest BCUT2D eigenvalue weighted by molar-refractivity contribution is -0.144. The molecule has 0 aromatic heterocycles. The van der Waals surface area contributed by atoms with Gasteiger partial charge in [0.15, 0.2) is 18.1 Å². The predicted molar refractivity (Wildman–Crippen MR) is 133 cm³/mol. The van der Waals surface area contributed by atoms with E-state index in [9.17, 15) is 14.4 Å². The number of fused-ring (bicyclic) bond motifs is 1. The lowest BCUT2D eigenvalue weighted by Crippen LogP contribution is -2.34. The van der Waals surface area contributed by atoms with Crippen LogP contribution in [0.4, 0.5) is 5.69 Å². The van der Waals surface area contributed by atoms with Crippen LogP contribution in [-0.2, 0) is 19.1 Å². The Morgan fingerprint density at radius 2 is 1.91 bits per heavy atom. The van der Waals surface area contributed by atoms with Gasteiger partial charge in [-0.05, 0) is 42.9 Å². The van der Waals surface area contributed by atoms with Crippen molar-refractivity contribution in [3.63, 3.8) is 0 Å². The van der Waals surface area contributed by atoms with Gasteiger partial charge in [0.2, 0.25) is 12.7 Å². The highest BCUT2D eigenvalue weighted by atomic mass is 32.2. The van der Waals surface area contributed by atoms with E-state index in [1.807, 2.05) is 0 Å². The van der Waals surface area contributed by atoms with Gasteiger partial charge in [-0.3, -0.25) is 9.59 Å². The molecule has 0 bridgehead atoms. The summed E-state index contributed by atoms with van der Waals surface area (Å²) in [6.07, 6.45) is 8.06. The van der Waals surface area contributed by atoms with E-state index in [0.29, 0.717) is 46.8 Å². The van der Waals surface area contributed by atoms with E-state index in [-0.39, 0.29) is 31.0 Å². The van der Waals surface area contributed by atoms with Crippen molar-refractivity contribution in [2.24, 2.45) is 11.8 Å².